The molecule has 0 fully saturated rings. The molecule has 0 saturated carbocycles. The summed E-state index contributed by atoms with van der Waals surface area (Å²) in [6.45, 7) is 7.09. The number of nitrogens with zero attached hydrogens (tertiary/aromatic N) is 3. The van der Waals surface area contributed by atoms with Crippen LogP contribution in [-0.4, -0.2) is 39.0 Å². The largest absolute Gasteiger partial charge is 0.462 e. The van der Waals surface area contributed by atoms with Crippen molar-refractivity contribution in [2.75, 3.05) is 17.7 Å². The third-order valence-electron chi connectivity index (χ3n) is 5.48. The zero-order chi connectivity index (χ0) is 23.4. The Bertz CT molecular complexity index is 1120. The van der Waals surface area contributed by atoms with E-state index in [0.29, 0.717) is 39.8 Å². The number of hydrogen-bond donors (Lipinski definition) is 1. The molecule has 1 aliphatic carbocycles. The molecule has 0 aromatic carbocycles. The summed E-state index contributed by atoms with van der Waals surface area (Å²) in [6, 6.07) is 3.65. The lowest BCUT2D eigenvalue weighted by Gasteiger charge is -2.18. The number of anilines is 1. The number of aromatic nitrogens is 3. The van der Waals surface area contributed by atoms with Gasteiger partial charge in [-0.25, -0.2) is 4.79 Å². The van der Waals surface area contributed by atoms with Gasteiger partial charge in [0.05, 0.1) is 24.2 Å². The fourth-order valence-corrected chi connectivity index (χ4v) is 6.14. The quantitative estimate of drug-likeness (QED) is 0.333. The molecule has 0 aliphatic heterocycles. The van der Waals surface area contributed by atoms with E-state index >= 15 is 0 Å². The van der Waals surface area contributed by atoms with Gasteiger partial charge >= 0.3 is 5.97 Å². The molecule has 1 aliphatic rings. The molecule has 3 heterocycles. The summed E-state index contributed by atoms with van der Waals surface area (Å²) in [5.74, 6) is 1.46. The Morgan fingerprint density at radius 2 is 2.21 bits per heavy atom. The predicted octanol–water partition coefficient (Wildman–Crippen LogP) is 5.04. The highest BCUT2D eigenvalue weighted by Crippen LogP contribution is 2.40. The number of rotatable bonds is 9. The number of furan rings is 1. The molecule has 8 nitrogen and oxygen atoms in total. The number of thioether (sulfide) groups is 1. The summed E-state index contributed by atoms with van der Waals surface area (Å²) in [4.78, 5) is 26.7. The van der Waals surface area contributed by atoms with Crippen molar-refractivity contribution in [3.63, 3.8) is 0 Å². The zero-order valence-electron chi connectivity index (χ0n) is 19.1. The van der Waals surface area contributed by atoms with Crippen LogP contribution in [0.2, 0.25) is 0 Å². The predicted molar refractivity (Wildman–Crippen MR) is 129 cm³/mol. The standard InChI is InChI=1S/C23H28N4O4S2/c1-4-10-27-20(16-7-6-11-31-16)25-26-23(27)32-13-18(28)24-21-19(22(29)30-5-2)15-9-8-14(3)12-17(15)33-21/h6-7,11,14H,4-5,8-10,12-13H2,1-3H3,(H,24,28). The summed E-state index contributed by atoms with van der Waals surface area (Å²) in [5, 5.41) is 12.7. The molecule has 1 N–H and O–H groups in total. The average Bonchev–Trinajstić information content (AvgIpc) is 3.51. The Kier molecular flexibility index (Phi) is 7.54. The van der Waals surface area contributed by atoms with Crippen LogP contribution in [-0.2, 0) is 28.9 Å². The molecule has 176 valence electrons. The van der Waals surface area contributed by atoms with Gasteiger partial charge in [0.2, 0.25) is 5.91 Å². The third kappa shape index (κ3) is 5.16. The van der Waals surface area contributed by atoms with Crippen molar-refractivity contribution in [3.8, 4) is 11.6 Å². The van der Waals surface area contributed by atoms with Gasteiger partial charge in [0.15, 0.2) is 16.7 Å². The number of ether oxygens (including phenoxy) is 1. The van der Waals surface area contributed by atoms with Crippen LogP contribution >= 0.6 is 23.1 Å². The summed E-state index contributed by atoms with van der Waals surface area (Å²) in [5.41, 5.74) is 1.56. The minimum Gasteiger partial charge on any atom is -0.462 e. The first-order valence-electron chi connectivity index (χ1n) is 11.2. The van der Waals surface area contributed by atoms with Crippen molar-refractivity contribution in [2.45, 2.75) is 58.2 Å². The van der Waals surface area contributed by atoms with E-state index in [-0.39, 0.29) is 17.6 Å². The maximum Gasteiger partial charge on any atom is 0.341 e. The fraction of sp³-hybridized carbons (Fsp3) is 0.478. The van der Waals surface area contributed by atoms with E-state index in [4.69, 9.17) is 9.15 Å². The molecule has 10 heteroatoms. The molecule has 0 bridgehead atoms. The molecule has 0 saturated heterocycles. The van der Waals surface area contributed by atoms with Gasteiger partial charge in [-0.3, -0.25) is 9.36 Å². The van der Waals surface area contributed by atoms with Gasteiger partial charge < -0.3 is 14.5 Å². The van der Waals surface area contributed by atoms with Gasteiger partial charge in [-0.05, 0) is 56.2 Å². The molecular weight excluding hydrogens is 460 g/mol. The molecule has 1 unspecified atom stereocenters. The maximum absolute atomic E-state index is 12.8. The van der Waals surface area contributed by atoms with Crippen LogP contribution < -0.4 is 5.32 Å². The Labute approximate surface area is 201 Å². The number of thiophene rings is 1. The highest BCUT2D eigenvalue weighted by Gasteiger charge is 2.29. The van der Waals surface area contributed by atoms with Crippen molar-refractivity contribution in [2.24, 2.45) is 5.92 Å². The molecule has 0 spiro atoms. The molecule has 1 amide bonds. The number of nitrogens with one attached hydrogen (secondary N) is 1. The van der Waals surface area contributed by atoms with Gasteiger partial charge in [0.1, 0.15) is 5.00 Å². The van der Waals surface area contributed by atoms with Gasteiger partial charge in [-0.2, -0.15) is 0 Å². The van der Waals surface area contributed by atoms with E-state index in [1.807, 2.05) is 16.7 Å². The van der Waals surface area contributed by atoms with Crippen LogP contribution in [0.15, 0.2) is 28.0 Å². The van der Waals surface area contributed by atoms with E-state index in [1.54, 1.807) is 13.2 Å². The third-order valence-corrected chi connectivity index (χ3v) is 7.62. The molecule has 33 heavy (non-hydrogen) atoms. The van der Waals surface area contributed by atoms with Crippen molar-refractivity contribution in [3.05, 3.63) is 34.4 Å². The van der Waals surface area contributed by atoms with Crippen LogP contribution in [0.4, 0.5) is 5.00 Å². The first-order chi connectivity index (χ1) is 16.0. The normalized spacial score (nSPS) is 15.3. The Morgan fingerprint density at radius 3 is 2.94 bits per heavy atom. The molecule has 4 rings (SSSR count). The Hall–Kier alpha value is -2.59. The van der Waals surface area contributed by atoms with E-state index in [2.05, 4.69) is 29.4 Å². The summed E-state index contributed by atoms with van der Waals surface area (Å²) < 4.78 is 12.7. The number of fused-ring (bicyclic) bond motifs is 1. The molecule has 3 aromatic heterocycles. The second kappa shape index (κ2) is 10.6. The lowest BCUT2D eigenvalue weighted by Crippen LogP contribution is -2.18. The van der Waals surface area contributed by atoms with Crippen molar-refractivity contribution >= 4 is 40.0 Å². The highest BCUT2D eigenvalue weighted by atomic mass is 32.2. The van der Waals surface area contributed by atoms with Gasteiger partial charge in [0, 0.05) is 11.4 Å². The van der Waals surface area contributed by atoms with Crippen molar-refractivity contribution in [1.82, 2.24) is 14.8 Å². The number of hydrogen-bond acceptors (Lipinski definition) is 8. The maximum atomic E-state index is 12.8. The Balaban J connectivity index is 1.49. The number of carbonyl (C=O) groups excluding carboxylic acids is 2. The van der Waals surface area contributed by atoms with E-state index in [0.717, 1.165) is 37.8 Å². The number of esters is 1. The van der Waals surface area contributed by atoms with Gasteiger partial charge in [-0.1, -0.05) is 25.6 Å². The van der Waals surface area contributed by atoms with Crippen LogP contribution in [0.5, 0.6) is 0 Å². The Morgan fingerprint density at radius 1 is 1.36 bits per heavy atom. The molecule has 1 atom stereocenters. The van der Waals surface area contributed by atoms with Crippen molar-refractivity contribution < 1.29 is 18.7 Å². The van der Waals surface area contributed by atoms with Crippen LogP contribution in [0, 0.1) is 5.92 Å². The average molecular weight is 489 g/mol. The monoisotopic (exact) mass is 488 g/mol. The molecular formula is C23H28N4O4S2. The number of amides is 1. The topological polar surface area (TPSA) is 99.2 Å². The lowest BCUT2D eigenvalue weighted by molar-refractivity contribution is -0.113. The van der Waals surface area contributed by atoms with Gasteiger partial charge in [0.25, 0.3) is 0 Å². The molecule has 0 radical (unpaired) electrons. The zero-order valence-corrected chi connectivity index (χ0v) is 20.7. The number of carbonyl (C=O) groups is 2. The van der Waals surface area contributed by atoms with E-state index in [1.165, 1.54) is 28.0 Å². The minimum atomic E-state index is -0.363. The lowest BCUT2D eigenvalue weighted by atomic mass is 9.88. The first kappa shape index (κ1) is 23.6. The summed E-state index contributed by atoms with van der Waals surface area (Å²) in [7, 11) is 0. The second-order valence-electron chi connectivity index (χ2n) is 8.05. The van der Waals surface area contributed by atoms with Gasteiger partial charge in [-0.15, -0.1) is 21.5 Å². The fourth-order valence-electron chi connectivity index (χ4n) is 3.96. The minimum absolute atomic E-state index is 0.154. The van der Waals surface area contributed by atoms with Crippen LogP contribution in [0.3, 0.4) is 0 Å². The summed E-state index contributed by atoms with van der Waals surface area (Å²) >= 11 is 2.81. The second-order valence-corrected chi connectivity index (χ2v) is 10.1. The smallest absolute Gasteiger partial charge is 0.341 e. The van der Waals surface area contributed by atoms with E-state index in [9.17, 15) is 9.59 Å². The summed E-state index contributed by atoms with van der Waals surface area (Å²) in [6.07, 6.45) is 5.29. The first-order valence-corrected chi connectivity index (χ1v) is 13.0. The SMILES string of the molecule is CCCn1c(SCC(=O)Nc2sc3c(c2C(=O)OCC)CCC(C)C3)nnc1-c1ccco1. The molecule has 3 aromatic rings. The van der Waals surface area contributed by atoms with E-state index < -0.39 is 0 Å². The van der Waals surface area contributed by atoms with Crippen LogP contribution in [0.25, 0.3) is 11.6 Å². The highest BCUT2D eigenvalue weighted by molar-refractivity contribution is 7.99. The van der Waals surface area contributed by atoms with Crippen molar-refractivity contribution in [1.29, 1.82) is 0 Å². The van der Waals surface area contributed by atoms with Crippen LogP contribution in [0.1, 0.15) is 54.4 Å².